The van der Waals surface area contributed by atoms with E-state index in [1.165, 1.54) is 24.8 Å². The molecule has 7 rings (SSSR count). The Labute approximate surface area is 187 Å². The molecule has 3 nitrogen and oxygen atoms in total. The molecule has 0 amide bonds. The van der Waals surface area contributed by atoms with Crippen LogP contribution in [0.5, 0.6) is 0 Å². The minimum Gasteiger partial charge on any atom is -0.461 e. The van der Waals surface area contributed by atoms with E-state index in [0.717, 1.165) is 57.3 Å². The van der Waals surface area contributed by atoms with E-state index in [2.05, 4.69) is 32.1 Å². The summed E-state index contributed by atoms with van der Waals surface area (Å²) in [5, 5.41) is 0. The van der Waals surface area contributed by atoms with E-state index in [4.69, 9.17) is 4.74 Å². The molecule has 7 aliphatic rings. The summed E-state index contributed by atoms with van der Waals surface area (Å²) in [6.45, 7) is 4.75. The summed E-state index contributed by atoms with van der Waals surface area (Å²) in [7, 11) is 0. The molecule has 0 aromatic rings. The normalized spacial score (nSPS) is 50.3. The Bertz CT molecular complexity index is 857. The molecule has 6 atom stereocenters. The Morgan fingerprint density at radius 2 is 1.77 bits per heavy atom. The maximum atomic E-state index is 13.4. The molecule has 4 saturated carbocycles. The lowest BCUT2D eigenvalue weighted by molar-refractivity contribution is -0.171. The van der Waals surface area contributed by atoms with E-state index < -0.39 is 0 Å². The molecule has 2 bridgehead atoms. The molecule has 168 valence electrons. The number of ether oxygens (including phenoxy) is 1. The molecule has 3 heteroatoms. The van der Waals surface area contributed by atoms with Crippen LogP contribution in [-0.4, -0.2) is 17.9 Å². The van der Waals surface area contributed by atoms with Crippen LogP contribution in [0.25, 0.3) is 0 Å². The zero-order valence-corrected chi connectivity index (χ0v) is 19.3. The van der Waals surface area contributed by atoms with Gasteiger partial charge in [0.05, 0.1) is 5.41 Å². The molecule has 4 fully saturated rings. The van der Waals surface area contributed by atoms with Gasteiger partial charge in [0.2, 0.25) is 0 Å². The number of fused-ring (bicyclic) bond motifs is 7. The monoisotopic (exact) mass is 422 g/mol. The first-order chi connectivity index (χ1) is 14.8. The largest absolute Gasteiger partial charge is 0.461 e. The number of hydrogen-bond acceptors (Lipinski definition) is 3. The maximum absolute atomic E-state index is 13.4. The molecule has 31 heavy (non-hydrogen) atoms. The zero-order valence-electron chi connectivity index (χ0n) is 19.3. The van der Waals surface area contributed by atoms with Crippen molar-refractivity contribution in [3.05, 3.63) is 23.8 Å². The lowest BCUT2D eigenvalue weighted by atomic mass is 9.53. The van der Waals surface area contributed by atoms with Crippen LogP contribution in [0.4, 0.5) is 0 Å². The van der Waals surface area contributed by atoms with Gasteiger partial charge >= 0.3 is 5.97 Å². The first-order valence-corrected chi connectivity index (χ1v) is 12.9. The molecule has 0 N–H and O–H groups in total. The molecule has 0 aromatic heterocycles. The van der Waals surface area contributed by atoms with Gasteiger partial charge in [-0.1, -0.05) is 37.6 Å². The molecule has 0 aromatic carbocycles. The van der Waals surface area contributed by atoms with Gasteiger partial charge in [0.25, 0.3) is 0 Å². The molecule has 0 saturated heterocycles. The zero-order chi connectivity index (χ0) is 21.4. The highest BCUT2D eigenvalue weighted by atomic mass is 16.5. The Morgan fingerprint density at radius 3 is 2.52 bits per heavy atom. The smallest absolute Gasteiger partial charge is 0.316 e. The van der Waals surface area contributed by atoms with Crippen molar-refractivity contribution in [3.8, 4) is 0 Å². The van der Waals surface area contributed by atoms with E-state index >= 15 is 0 Å². The highest BCUT2D eigenvalue weighted by Crippen LogP contribution is 2.62. The first-order valence-electron chi connectivity index (χ1n) is 12.9. The minimum atomic E-state index is -0.347. The summed E-state index contributed by atoms with van der Waals surface area (Å²) in [6, 6.07) is 0. The van der Waals surface area contributed by atoms with E-state index in [-0.39, 0.29) is 22.9 Å². The van der Waals surface area contributed by atoms with Crippen molar-refractivity contribution in [3.63, 3.8) is 0 Å². The first kappa shape index (κ1) is 20.2. The van der Waals surface area contributed by atoms with E-state index in [9.17, 15) is 9.59 Å². The fraction of sp³-hybridized carbons (Fsp3) is 0.786. The second-order valence-electron chi connectivity index (χ2n) is 12.5. The van der Waals surface area contributed by atoms with Crippen molar-refractivity contribution in [2.24, 2.45) is 39.9 Å². The summed E-state index contributed by atoms with van der Waals surface area (Å²) in [4.78, 5) is 25.4. The predicted molar refractivity (Wildman–Crippen MR) is 120 cm³/mol. The predicted octanol–water partition coefficient (Wildman–Crippen LogP) is 6.18. The van der Waals surface area contributed by atoms with Crippen LogP contribution in [0.15, 0.2) is 23.8 Å². The third-order valence-electron chi connectivity index (χ3n) is 10.9. The number of Topliss-reactive ketones (excluding diaryl/α,β-unsaturated/α-hetero) is 1. The van der Waals surface area contributed by atoms with Gasteiger partial charge in [-0.15, -0.1) is 0 Å². The maximum Gasteiger partial charge on any atom is 0.316 e. The van der Waals surface area contributed by atoms with Gasteiger partial charge in [-0.25, -0.2) is 0 Å². The van der Waals surface area contributed by atoms with Crippen LogP contribution in [0.1, 0.15) is 90.9 Å². The molecular weight excluding hydrogens is 384 g/mol. The Kier molecular flexibility index (Phi) is 4.45. The van der Waals surface area contributed by atoms with Crippen LogP contribution in [0.3, 0.4) is 0 Å². The number of hydrogen-bond donors (Lipinski definition) is 0. The summed E-state index contributed by atoms with van der Waals surface area (Å²) < 4.78 is 6.43. The van der Waals surface area contributed by atoms with Crippen molar-refractivity contribution in [2.75, 3.05) is 0 Å². The molecule has 0 aliphatic heterocycles. The van der Waals surface area contributed by atoms with Gasteiger partial charge in [0, 0.05) is 18.3 Å². The number of carbonyl (C=O) groups excluding carboxylic acids is 2. The standard InChI is InChI=1S/C28H38O3/c1-26-11-14-28(15-12-26,16-13-26)25(30)31-24-8-7-23-22-5-3-18-17-19(29)4-6-20(18)21(22)9-10-27(23,24)2/h3,11,14,20-24H,4-10,12-13,15-17H2,1-2H3/t20-,21+,22+,23-,24-,26?,27-,28?/m0/s1. The van der Waals surface area contributed by atoms with Crippen molar-refractivity contribution < 1.29 is 14.3 Å². The molecule has 0 heterocycles. The number of carbonyl (C=O) groups is 2. The topological polar surface area (TPSA) is 43.4 Å². The average molecular weight is 423 g/mol. The van der Waals surface area contributed by atoms with Gasteiger partial charge in [-0.2, -0.15) is 0 Å². The number of esters is 1. The second-order valence-corrected chi connectivity index (χ2v) is 12.5. The lowest BCUT2D eigenvalue weighted by Crippen LogP contribution is -2.49. The minimum absolute atomic E-state index is 0.0658. The van der Waals surface area contributed by atoms with Crippen LogP contribution in [0.2, 0.25) is 0 Å². The second kappa shape index (κ2) is 6.81. The number of allylic oxidation sites excluding steroid dienone is 3. The molecule has 0 unspecified atom stereocenters. The summed E-state index contributed by atoms with van der Waals surface area (Å²) in [5.74, 6) is 3.27. The van der Waals surface area contributed by atoms with Crippen LogP contribution in [-0.2, 0) is 14.3 Å². The summed E-state index contributed by atoms with van der Waals surface area (Å²) in [5.41, 5.74) is 1.54. The molecule has 0 radical (unpaired) electrons. The van der Waals surface area contributed by atoms with Crippen LogP contribution < -0.4 is 0 Å². The Balaban J connectivity index is 1.19. The Hall–Kier alpha value is -1.38. The van der Waals surface area contributed by atoms with Gasteiger partial charge in [0.1, 0.15) is 11.9 Å². The fourth-order valence-electron chi connectivity index (χ4n) is 8.73. The average Bonchev–Trinajstić information content (AvgIpc) is 3.10. The quantitative estimate of drug-likeness (QED) is 0.394. The SMILES string of the molecule is CC12C=CC(C(=O)O[C@H]3CC[C@H]4[C@@H]5CC=C6CC(=O)CC[C@@H]6[C@H]5CC[C@]34C)(CC1)CC2. The fourth-order valence-corrected chi connectivity index (χ4v) is 8.73. The van der Waals surface area contributed by atoms with Crippen molar-refractivity contribution in [1.29, 1.82) is 0 Å². The highest BCUT2D eigenvalue weighted by Gasteiger charge is 2.58. The number of ketones is 1. The van der Waals surface area contributed by atoms with Gasteiger partial charge in [0.15, 0.2) is 0 Å². The number of rotatable bonds is 2. The summed E-state index contributed by atoms with van der Waals surface area (Å²) in [6.07, 6.45) is 19.5. The third-order valence-corrected chi connectivity index (χ3v) is 10.9. The van der Waals surface area contributed by atoms with Gasteiger partial charge in [-0.05, 0) is 93.3 Å². The Morgan fingerprint density at radius 1 is 0.968 bits per heavy atom. The summed E-state index contributed by atoms with van der Waals surface area (Å²) >= 11 is 0. The van der Waals surface area contributed by atoms with E-state index in [1.54, 1.807) is 0 Å². The van der Waals surface area contributed by atoms with Crippen molar-refractivity contribution in [1.82, 2.24) is 0 Å². The third kappa shape index (κ3) is 2.97. The van der Waals surface area contributed by atoms with E-state index in [0.29, 0.717) is 35.4 Å². The van der Waals surface area contributed by atoms with Crippen molar-refractivity contribution >= 4 is 11.8 Å². The van der Waals surface area contributed by atoms with Crippen LogP contribution in [0, 0.1) is 39.9 Å². The highest BCUT2D eigenvalue weighted by molar-refractivity contribution is 5.82. The molecule has 7 aliphatic carbocycles. The molecular formula is C28H38O3. The van der Waals surface area contributed by atoms with Gasteiger partial charge in [-0.3, -0.25) is 9.59 Å². The van der Waals surface area contributed by atoms with Gasteiger partial charge < -0.3 is 4.74 Å². The van der Waals surface area contributed by atoms with Crippen LogP contribution >= 0.6 is 0 Å². The van der Waals surface area contributed by atoms with E-state index in [1.807, 2.05) is 0 Å². The molecule has 0 spiro atoms. The van der Waals surface area contributed by atoms with Crippen molar-refractivity contribution in [2.45, 2.75) is 97.0 Å². The lowest BCUT2D eigenvalue weighted by Gasteiger charge is -2.53.